The van der Waals surface area contributed by atoms with Gasteiger partial charge in [0.2, 0.25) is 0 Å². The summed E-state index contributed by atoms with van der Waals surface area (Å²) in [5.74, 6) is 0.455. The highest BCUT2D eigenvalue weighted by molar-refractivity contribution is 5.40. The van der Waals surface area contributed by atoms with Gasteiger partial charge in [0, 0.05) is 12.7 Å². The maximum atomic E-state index is 11.7. The molecule has 0 spiro atoms. The Hall–Kier alpha value is -1.58. The van der Waals surface area contributed by atoms with Gasteiger partial charge >= 0.3 is 5.69 Å². The summed E-state index contributed by atoms with van der Waals surface area (Å²) in [6.07, 6.45) is 1.80. The van der Waals surface area contributed by atoms with Crippen molar-refractivity contribution in [2.75, 3.05) is 0 Å². The summed E-state index contributed by atoms with van der Waals surface area (Å²) in [5, 5.41) is 4.24. The molecule has 2 rings (SSSR count). The second-order valence-corrected chi connectivity index (χ2v) is 3.94. The predicted octanol–water partition coefficient (Wildman–Crippen LogP) is 1.64. The van der Waals surface area contributed by atoms with E-state index in [-0.39, 0.29) is 5.69 Å². The molecule has 15 heavy (non-hydrogen) atoms. The van der Waals surface area contributed by atoms with Gasteiger partial charge in [0.15, 0.2) is 5.65 Å². The Morgan fingerprint density at radius 1 is 1.47 bits per heavy atom. The van der Waals surface area contributed by atoms with Crippen LogP contribution in [-0.2, 0) is 6.54 Å². The molecule has 0 fully saturated rings. The van der Waals surface area contributed by atoms with Gasteiger partial charge in [0.25, 0.3) is 0 Å². The smallest absolute Gasteiger partial charge is 0.250 e. The topological polar surface area (TPSA) is 39.3 Å². The summed E-state index contributed by atoms with van der Waals surface area (Å²) in [6, 6.07) is 3.94. The standard InChI is InChI=1S/C11H15N3O/c1-4-14-11(15)13-6-5-9(8(2)3)7-10(13)12-14/h5-8H,4H2,1-3H3. The van der Waals surface area contributed by atoms with E-state index in [0.29, 0.717) is 12.5 Å². The van der Waals surface area contributed by atoms with E-state index < -0.39 is 0 Å². The van der Waals surface area contributed by atoms with Crippen molar-refractivity contribution in [2.45, 2.75) is 33.2 Å². The lowest BCUT2D eigenvalue weighted by molar-refractivity contribution is 0.633. The van der Waals surface area contributed by atoms with Gasteiger partial charge in [0.05, 0.1) is 0 Å². The van der Waals surface area contributed by atoms with Gasteiger partial charge in [-0.2, -0.15) is 0 Å². The molecule has 0 aliphatic carbocycles. The van der Waals surface area contributed by atoms with Crippen LogP contribution in [0.2, 0.25) is 0 Å². The number of pyridine rings is 1. The van der Waals surface area contributed by atoms with Crippen LogP contribution >= 0.6 is 0 Å². The largest absolute Gasteiger partial charge is 0.350 e. The predicted molar refractivity (Wildman–Crippen MR) is 59.2 cm³/mol. The second-order valence-electron chi connectivity index (χ2n) is 3.94. The van der Waals surface area contributed by atoms with E-state index in [9.17, 15) is 4.79 Å². The molecule has 0 saturated heterocycles. The average Bonchev–Trinajstić information content (AvgIpc) is 2.55. The number of aromatic nitrogens is 3. The fourth-order valence-electron chi connectivity index (χ4n) is 1.60. The Bertz CT molecular complexity index is 536. The number of rotatable bonds is 2. The van der Waals surface area contributed by atoms with Crippen molar-refractivity contribution in [3.8, 4) is 0 Å². The third-order valence-corrected chi connectivity index (χ3v) is 2.57. The first-order chi connectivity index (χ1) is 7.13. The van der Waals surface area contributed by atoms with Crippen LogP contribution in [-0.4, -0.2) is 14.2 Å². The first kappa shape index (κ1) is 9.96. The molecule has 2 aromatic heterocycles. The molecule has 0 aliphatic rings. The molecule has 0 atom stereocenters. The van der Waals surface area contributed by atoms with Crippen LogP contribution < -0.4 is 5.69 Å². The number of hydrogen-bond donors (Lipinski definition) is 0. The van der Waals surface area contributed by atoms with Gasteiger partial charge in [-0.05, 0) is 30.5 Å². The molecule has 0 aliphatic heterocycles. The van der Waals surface area contributed by atoms with E-state index in [1.54, 1.807) is 10.6 Å². The Morgan fingerprint density at radius 2 is 2.20 bits per heavy atom. The lowest BCUT2D eigenvalue weighted by Gasteiger charge is -2.03. The highest BCUT2D eigenvalue weighted by atomic mass is 16.2. The minimum absolute atomic E-state index is 0.0668. The highest BCUT2D eigenvalue weighted by Crippen LogP contribution is 2.14. The van der Waals surface area contributed by atoms with Crippen molar-refractivity contribution in [3.05, 3.63) is 34.4 Å². The molecule has 2 aromatic rings. The summed E-state index contributed by atoms with van der Waals surface area (Å²) in [7, 11) is 0. The fourth-order valence-corrected chi connectivity index (χ4v) is 1.60. The number of nitrogens with zero attached hydrogens (tertiary/aromatic N) is 3. The van der Waals surface area contributed by atoms with E-state index in [0.717, 1.165) is 5.65 Å². The molecule has 0 aromatic carbocycles. The molecule has 80 valence electrons. The Morgan fingerprint density at radius 3 is 2.80 bits per heavy atom. The van der Waals surface area contributed by atoms with Gasteiger partial charge in [-0.1, -0.05) is 13.8 Å². The van der Waals surface area contributed by atoms with Crippen molar-refractivity contribution in [1.82, 2.24) is 14.2 Å². The SMILES string of the molecule is CCn1nc2cc(C(C)C)ccn2c1=O. The average molecular weight is 205 g/mol. The van der Waals surface area contributed by atoms with Crippen molar-refractivity contribution >= 4 is 5.65 Å². The maximum Gasteiger partial charge on any atom is 0.350 e. The molecule has 4 nitrogen and oxygen atoms in total. The van der Waals surface area contributed by atoms with Gasteiger partial charge < -0.3 is 0 Å². The minimum atomic E-state index is -0.0668. The first-order valence-corrected chi connectivity index (χ1v) is 5.22. The quantitative estimate of drug-likeness (QED) is 0.747. The number of aryl methyl sites for hydroxylation is 1. The summed E-state index contributed by atoms with van der Waals surface area (Å²) < 4.78 is 3.05. The number of hydrogen-bond acceptors (Lipinski definition) is 2. The summed E-state index contributed by atoms with van der Waals surface area (Å²) in [6.45, 7) is 6.77. The molecule has 0 saturated carbocycles. The summed E-state index contributed by atoms with van der Waals surface area (Å²) in [4.78, 5) is 11.7. The molecule has 4 heteroatoms. The zero-order valence-electron chi connectivity index (χ0n) is 9.27. The third-order valence-electron chi connectivity index (χ3n) is 2.57. The summed E-state index contributed by atoms with van der Waals surface area (Å²) in [5.41, 5.74) is 1.87. The van der Waals surface area contributed by atoms with Gasteiger partial charge in [-0.3, -0.25) is 4.40 Å². The molecular formula is C11H15N3O. The minimum Gasteiger partial charge on any atom is -0.250 e. The van der Waals surface area contributed by atoms with E-state index in [2.05, 4.69) is 18.9 Å². The van der Waals surface area contributed by atoms with E-state index in [1.807, 2.05) is 19.1 Å². The van der Waals surface area contributed by atoms with Crippen molar-refractivity contribution in [3.63, 3.8) is 0 Å². The normalized spacial score (nSPS) is 11.5. The zero-order chi connectivity index (χ0) is 11.0. The summed E-state index contributed by atoms with van der Waals surface area (Å²) >= 11 is 0. The van der Waals surface area contributed by atoms with Crippen LogP contribution in [0.5, 0.6) is 0 Å². The lowest BCUT2D eigenvalue weighted by Crippen LogP contribution is -2.19. The Balaban J connectivity index is 2.68. The lowest BCUT2D eigenvalue weighted by atomic mass is 10.1. The Kier molecular flexibility index (Phi) is 2.34. The molecule has 0 radical (unpaired) electrons. The van der Waals surface area contributed by atoms with Crippen LogP contribution in [0.15, 0.2) is 23.1 Å². The Labute approximate surface area is 88.2 Å². The van der Waals surface area contributed by atoms with E-state index in [1.165, 1.54) is 10.2 Å². The molecule has 0 bridgehead atoms. The maximum absolute atomic E-state index is 11.7. The van der Waals surface area contributed by atoms with Gasteiger partial charge in [0.1, 0.15) is 0 Å². The van der Waals surface area contributed by atoms with Crippen molar-refractivity contribution < 1.29 is 0 Å². The molecule has 0 N–H and O–H groups in total. The van der Waals surface area contributed by atoms with Crippen molar-refractivity contribution in [2.24, 2.45) is 0 Å². The van der Waals surface area contributed by atoms with Crippen LogP contribution in [0.3, 0.4) is 0 Å². The molecule has 0 unspecified atom stereocenters. The van der Waals surface area contributed by atoms with E-state index >= 15 is 0 Å². The molecular weight excluding hydrogens is 190 g/mol. The van der Waals surface area contributed by atoms with E-state index in [4.69, 9.17) is 0 Å². The second kappa shape index (κ2) is 3.53. The van der Waals surface area contributed by atoms with Crippen LogP contribution in [0.25, 0.3) is 5.65 Å². The molecule has 2 heterocycles. The van der Waals surface area contributed by atoms with Gasteiger partial charge in [-0.15, -0.1) is 5.10 Å². The number of fused-ring (bicyclic) bond motifs is 1. The fraction of sp³-hybridized carbons (Fsp3) is 0.455. The molecule has 0 amide bonds. The van der Waals surface area contributed by atoms with Gasteiger partial charge in [-0.25, -0.2) is 9.48 Å². The highest BCUT2D eigenvalue weighted by Gasteiger charge is 2.06. The van der Waals surface area contributed by atoms with Crippen LogP contribution in [0, 0.1) is 0 Å². The third kappa shape index (κ3) is 1.56. The van der Waals surface area contributed by atoms with Crippen molar-refractivity contribution in [1.29, 1.82) is 0 Å². The first-order valence-electron chi connectivity index (χ1n) is 5.22. The van der Waals surface area contributed by atoms with Crippen LogP contribution in [0.4, 0.5) is 0 Å². The monoisotopic (exact) mass is 205 g/mol. The zero-order valence-corrected chi connectivity index (χ0v) is 9.27. The van der Waals surface area contributed by atoms with Crippen LogP contribution in [0.1, 0.15) is 32.3 Å².